The Morgan fingerprint density at radius 2 is 1.65 bits per heavy atom. The molecule has 2 aromatic carbocycles. The van der Waals surface area contributed by atoms with Gasteiger partial charge in [0.05, 0.1) is 5.41 Å². The fourth-order valence-electron chi connectivity index (χ4n) is 3.98. The van der Waals surface area contributed by atoms with Crippen LogP contribution in [-0.2, 0) is 10.2 Å². The maximum atomic E-state index is 14.4. The fraction of sp³-hybridized carbons (Fsp3) is 0.222. The summed E-state index contributed by atoms with van der Waals surface area (Å²) >= 11 is 0. The lowest BCUT2D eigenvalue weighted by Crippen LogP contribution is -2.40. The van der Waals surface area contributed by atoms with E-state index < -0.39 is 23.0 Å². The van der Waals surface area contributed by atoms with Gasteiger partial charge in [0.2, 0.25) is 0 Å². The molecule has 23 heavy (non-hydrogen) atoms. The Morgan fingerprint density at radius 1 is 1.00 bits per heavy atom. The van der Waals surface area contributed by atoms with Crippen LogP contribution in [0.5, 0.6) is 0 Å². The minimum atomic E-state index is -1.26. The highest BCUT2D eigenvalue weighted by Crippen LogP contribution is 2.68. The van der Waals surface area contributed by atoms with Gasteiger partial charge in [0.1, 0.15) is 11.6 Å². The molecule has 0 radical (unpaired) electrons. The molecule has 1 N–H and O–H groups in total. The molecule has 1 fully saturated rings. The Balaban J connectivity index is 1.96. The number of halogens is 2. The van der Waals surface area contributed by atoms with Crippen molar-refractivity contribution in [2.75, 3.05) is 0 Å². The molecule has 1 aliphatic carbocycles. The molecule has 0 saturated heterocycles. The smallest absolute Gasteiger partial charge is 0.252 e. The van der Waals surface area contributed by atoms with Crippen LogP contribution in [0, 0.1) is 17.6 Å². The molecular formula is C18H14F2N2O. The molecular weight excluding hydrogens is 298 g/mol. The highest BCUT2D eigenvalue weighted by Gasteiger charge is 2.74. The van der Waals surface area contributed by atoms with Crippen LogP contribution < -0.4 is 5.43 Å². The summed E-state index contributed by atoms with van der Waals surface area (Å²) in [5, 5.41) is 4.01. The van der Waals surface area contributed by atoms with Crippen molar-refractivity contribution in [1.29, 1.82) is 0 Å². The lowest BCUT2D eigenvalue weighted by molar-refractivity contribution is -0.124. The highest BCUT2D eigenvalue weighted by atomic mass is 19.1. The lowest BCUT2D eigenvalue weighted by Gasteiger charge is -2.21. The van der Waals surface area contributed by atoms with Crippen molar-refractivity contribution in [3.8, 4) is 0 Å². The summed E-state index contributed by atoms with van der Waals surface area (Å²) in [5.74, 6) is -2.49. The number of rotatable bonds is 2. The van der Waals surface area contributed by atoms with E-state index in [0.717, 1.165) is 5.56 Å². The van der Waals surface area contributed by atoms with Crippen LogP contribution in [0.15, 0.2) is 53.6 Å². The van der Waals surface area contributed by atoms with Crippen molar-refractivity contribution in [3.05, 3.63) is 71.3 Å². The second-order valence-electron chi connectivity index (χ2n) is 6.03. The first kappa shape index (κ1) is 14.1. The first-order valence-corrected chi connectivity index (χ1v) is 7.42. The minimum absolute atomic E-state index is 0.161. The van der Waals surface area contributed by atoms with Crippen molar-refractivity contribution in [3.63, 3.8) is 0 Å². The van der Waals surface area contributed by atoms with Gasteiger partial charge < -0.3 is 0 Å². The molecule has 0 aromatic heterocycles. The van der Waals surface area contributed by atoms with Gasteiger partial charge in [-0.1, -0.05) is 36.4 Å². The molecule has 0 spiro atoms. The molecule has 3 nitrogen and oxygen atoms in total. The number of hydrazone groups is 1. The van der Waals surface area contributed by atoms with Crippen LogP contribution in [-0.4, -0.2) is 11.6 Å². The van der Waals surface area contributed by atoms with Crippen LogP contribution in [0.3, 0.4) is 0 Å². The highest BCUT2D eigenvalue weighted by molar-refractivity contribution is 6.08. The minimum Gasteiger partial charge on any atom is -0.272 e. The number of carbonyl (C=O) groups excluding carboxylic acids is 1. The summed E-state index contributed by atoms with van der Waals surface area (Å²) in [5.41, 5.74) is 2.57. The van der Waals surface area contributed by atoms with Crippen LogP contribution >= 0.6 is 0 Å². The molecule has 2 aliphatic rings. The van der Waals surface area contributed by atoms with Gasteiger partial charge in [-0.15, -0.1) is 0 Å². The average Bonchev–Trinajstić information content (AvgIpc) is 3.24. The second kappa shape index (κ2) is 4.72. The molecule has 1 aliphatic heterocycles. The van der Waals surface area contributed by atoms with Gasteiger partial charge in [-0.3, -0.25) is 4.79 Å². The van der Waals surface area contributed by atoms with E-state index in [1.165, 1.54) is 18.2 Å². The molecule has 2 unspecified atom stereocenters. The Kier molecular flexibility index (Phi) is 2.88. The first-order valence-electron chi connectivity index (χ1n) is 7.42. The topological polar surface area (TPSA) is 41.5 Å². The van der Waals surface area contributed by atoms with Gasteiger partial charge in [0.15, 0.2) is 0 Å². The summed E-state index contributed by atoms with van der Waals surface area (Å²) < 4.78 is 28.9. The zero-order valence-corrected chi connectivity index (χ0v) is 12.4. The molecule has 5 heteroatoms. The Labute approximate surface area is 132 Å². The number of hydrogen-bond acceptors (Lipinski definition) is 2. The third-order valence-corrected chi connectivity index (χ3v) is 4.90. The van der Waals surface area contributed by atoms with Crippen molar-refractivity contribution >= 4 is 11.6 Å². The predicted molar refractivity (Wildman–Crippen MR) is 82.0 cm³/mol. The fourth-order valence-corrected chi connectivity index (χ4v) is 3.98. The van der Waals surface area contributed by atoms with Crippen molar-refractivity contribution < 1.29 is 13.6 Å². The summed E-state index contributed by atoms with van der Waals surface area (Å²) in [7, 11) is 0. The maximum Gasteiger partial charge on any atom is 0.252 e. The number of hydrogen-bond donors (Lipinski definition) is 1. The van der Waals surface area contributed by atoms with E-state index in [4.69, 9.17) is 0 Å². The molecule has 2 aromatic rings. The number of nitrogens with zero attached hydrogens (tertiary/aromatic N) is 1. The molecule has 4 rings (SSSR count). The number of nitrogens with one attached hydrogen (secondary N) is 1. The van der Waals surface area contributed by atoms with Crippen LogP contribution in [0.4, 0.5) is 8.78 Å². The largest absolute Gasteiger partial charge is 0.272 e. The van der Waals surface area contributed by atoms with Crippen LogP contribution in [0.1, 0.15) is 24.0 Å². The predicted octanol–water partition coefficient (Wildman–Crippen LogP) is 3.12. The maximum absolute atomic E-state index is 14.4. The van der Waals surface area contributed by atoms with E-state index >= 15 is 0 Å². The van der Waals surface area contributed by atoms with Crippen molar-refractivity contribution in [2.24, 2.45) is 11.0 Å². The average molecular weight is 312 g/mol. The number of amides is 1. The second-order valence-corrected chi connectivity index (χ2v) is 6.03. The van der Waals surface area contributed by atoms with Gasteiger partial charge in [-0.25, -0.2) is 14.2 Å². The Bertz CT molecular complexity index is 814. The zero-order valence-electron chi connectivity index (χ0n) is 12.4. The SMILES string of the molecule is CC1=NNC(=O)C2(c3c(F)cccc3F)C(c3ccccc3)[C@@H]12. The van der Waals surface area contributed by atoms with E-state index in [9.17, 15) is 13.6 Å². The van der Waals surface area contributed by atoms with Crippen LogP contribution in [0.25, 0.3) is 0 Å². The molecule has 1 saturated carbocycles. The normalized spacial score (nSPS) is 28.7. The van der Waals surface area contributed by atoms with E-state index in [1.54, 1.807) is 6.92 Å². The van der Waals surface area contributed by atoms with Gasteiger partial charge in [0, 0.05) is 23.1 Å². The summed E-state index contributed by atoms with van der Waals surface area (Å²) in [6, 6.07) is 13.0. The molecule has 116 valence electrons. The van der Waals surface area contributed by atoms with Crippen molar-refractivity contribution in [1.82, 2.24) is 5.43 Å². The van der Waals surface area contributed by atoms with E-state index in [1.807, 2.05) is 30.3 Å². The summed E-state index contributed by atoms with van der Waals surface area (Å²) in [4.78, 5) is 12.6. The lowest BCUT2D eigenvalue weighted by atomic mass is 9.87. The summed E-state index contributed by atoms with van der Waals surface area (Å²) in [6.45, 7) is 1.78. The molecule has 1 amide bonds. The van der Waals surface area contributed by atoms with Crippen molar-refractivity contribution in [2.45, 2.75) is 18.3 Å². The monoisotopic (exact) mass is 312 g/mol. The first-order chi connectivity index (χ1) is 11.1. The summed E-state index contributed by atoms with van der Waals surface area (Å²) in [6.07, 6.45) is 0. The van der Waals surface area contributed by atoms with Gasteiger partial charge in [-0.2, -0.15) is 5.10 Å². The zero-order chi connectivity index (χ0) is 16.2. The van der Waals surface area contributed by atoms with Crippen LogP contribution in [0.2, 0.25) is 0 Å². The molecule has 0 bridgehead atoms. The Hall–Kier alpha value is -2.56. The Morgan fingerprint density at radius 3 is 2.30 bits per heavy atom. The third kappa shape index (κ3) is 1.73. The van der Waals surface area contributed by atoms with Gasteiger partial charge >= 0.3 is 0 Å². The van der Waals surface area contributed by atoms with Gasteiger partial charge in [0.25, 0.3) is 5.91 Å². The number of benzene rings is 2. The van der Waals surface area contributed by atoms with Gasteiger partial charge in [-0.05, 0) is 24.6 Å². The standard InChI is InChI=1S/C18H14F2N2O/c1-10-14-15(11-6-3-2-4-7-11)18(14,17(23)22-21-10)16-12(19)8-5-9-13(16)20/h2-9,14-15H,1H3,(H,22,23)/t14-,15?,18?/m1/s1. The molecule has 3 atom stereocenters. The van der Waals surface area contributed by atoms with E-state index in [0.29, 0.717) is 5.71 Å². The molecule has 1 heterocycles. The third-order valence-electron chi connectivity index (χ3n) is 4.90. The number of fused-ring (bicyclic) bond motifs is 1. The van der Waals surface area contributed by atoms with E-state index in [-0.39, 0.29) is 17.4 Å². The quantitative estimate of drug-likeness (QED) is 0.909. The number of carbonyl (C=O) groups is 1. The van der Waals surface area contributed by atoms with E-state index in [2.05, 4.69) is 10.5 Å².